The number of nitrogens with one attached hydrogen (secondary N) is 1. The summed E-state index contributed by atoms with van der Waals surface area (Å²) >= 11 is 0. The Balaban J connectivity index is 1.97. The van der Waals surface area contributed by atoms with Gasteiger partial charge in [0.05, 0.1) is 12.1 Å². The molecule has 1 amide bonds. The number of para-hydroxylation sites is 1. The Bertz CT molecular complexity index is 624. The van der Waals surface area contributed by atoms with Crippen molar-refractivity contribution in [3.8, 4) is 11.5 Å². The first-order valence-corrected chi connectivity index (χ1v) is 7.86. The van der Waals surface area contributed by atoms with Crippen LogP contribution in [0.4, 0.5) is 0 Å². The van der Waals surface area contributed by atoms with Gasteiger partial charge in [-0.1, -0.05) is 44.2 Å². The van der Waals surface area contributed by atoms with Gasteiger partial charge < -0.3 is 15.8 Å². The maximum Gasteiger partial charge on any atom is 0.237 e. The zero-order valence-corrected chi connectivity index (χ0v) is 13.8. The zero-order chi connectivity index (χ0) is 16.8. The fourth-order valence-corrected chi connectivity index (χ4v) is 2.14. The largest absolute Gasteiger partial charge is 0.457 e. The van der Waals surface area contributed by atoms with E-state index in [-0.39, 0.29) is 17.9 Å². The van der Waals surface area contributed by atoms with Crippen LogP contribution in [-0.2, 0) is 4.79 Å². The first kappa shape index (κ1) is 17.0. The summed E-state index contributed by atoms with van der Waals surface area (Å²) in [5.41, 5.74) is 6.87. The molecule has 2 atom stereocenters. The Labute approximate surface area is 137 Å². The number of ether oxygens (including phenoxy) is 1. The van der Waals surface area contributed by atoms with Crippen molar-refractivity contribution in [2.75, 3.05) is 0 Å². The standard InChI is InChI=1S/C19H24N2O2/c1-13(2)18(20)19(22)21-14(3)15-9-11-17(12-10-15)23-16-7-5-4-6-8-16/h4-14,18H,20H2,1-3H3,(H,21,22)/t14?,18-/m0/s1. The van der Waals surface area contributed by atoms with Gasteiger partial charge in [0.25, 0.3) is 0 Å². The van der Waals surface area contributed by atoms with Crippen LogP contribution in [-0.4, -0.2) is 11.9 Å². The van der Waals surface area contributed by atoms with Crippen LogP contribution < -0.4 is 15.8 Å². The monoisotopic (exact) mass is 312 g/mol. The van der Waals surface area contributed by atoms with Crippen LogP contribution in [0.1, 0.15) is 32.4 Å². The van der Waals surface area contributed by atoms with E-state index in [1.807, 2.05) is 75.4 Å². The van der Waals surface area contributed by atoms with Gasteiger partial charge in [0, 0.05) is 0 Å². The topological polar surface area (TPSA) is 64.4 Å². The van der Waals surface area contributed by atoms with Crippen molar-refractivity contribution < 1.29 is 9.53 Å². The van der Waals surface area contributed by atoms with Crippen LogP contribution in [0.2, 0.25) is 0 Å². The molecular weight excluding hydrogens is 288 g/mol. The summed E-state index contributed by atoms with van der Waals surface area (Å²) < 4.78 is 5.76. The number of carbonyl (C=O) groups excluding carboxylic acids is 1. The Morgan fingerprint density at radius 1 is 0.957 bits per heavy atom. The molecule has 4 heteroatoms. The number of rotatable bonds is 6. The van der Waals surface area contributed by atoms with Gasteiger partial charge in [-0.2, -0.15) is 0 Å². The molecule has 0 aromatic heterocycles. The molecule has 0 bridgehead atoms. The average Bonchev–Trinajstić information content (AvgIpc) is 2.55. The molecule has 0 aliphatic carbocycles. The van der Waals surface area contributed by atoms with Crippen LogP contribution >= 0.6 is 0 Å². The molecule has 0 saturated carbocycles. The molecule has 2 aromatic rings. The Morgan fingerprint density at radius 2 is 1.52 bits per heavy atom. The maximum absolute atomic E-state index is 12.0. The average molecular weight is 312 g/mol. The van der Waals surface area contributed by atoms with Gasteiger partial charge >= 0.3 is 0 Å². The number of hydrogen-bond acceptors (Lipinski definition) is 3. The summed E-state index contributed by atoms with van der Waals surface area (Å²) in [4.78, 5) is 12.0. The summed E-state index contributed by atoms with van der Waals surface area (Å²) in [7, 11) is 0. The highest BCUT2D eigenvalue weighted by Crippen LogP contribution is 2.23. The third-order valence-electron chi connectivity index (χ3n) is 3.74. The van der Waals surface area contributed by atoms with E-state index in [1.54, 1.807) is 0 Å². The molecule has 0 radical (unpaired) electrons. The highest BCUT2D eigenvalue weighted by atomic mass is 16.5. The van der Waals surface area contributed by atoms with Crippen molar-refractivity contribution in [2.45, 2.75) is 32.9 Å². The lowest BCUT2D eigenvalue weighted by molar-refractivity contribution is -0.123. The highest BCUT2D eigenvalue weighted by Gasteiger charge is 2.19. The quantitative estimate of drug-likeness (QED) is 0.856. The van der Waals surface area contributed by atoms with Gasteiger partial charge in [-0.15, -0.1) is 0 Å². The van der Waals surface area contributed by atoms with E-state index in [0.29, 0.717) is 0 Å². The van der Waals surface area contributed by atoms with Gasteiger partial charge in [-0.05, 0) is 42.7 Å². The normalized spacial score (nSPS) is 13.4. The zero-order valence-electron chi connectivity index (χ0n) is 13.8. The minimum atomic E-state index is -0.488. The lowest BCUT2D eigenvalue weighted by Crippen LogP contribution is -2.44. The molecule has 0 spiro atoms. The second kappa shape index (κ2) is 7.79. The van der Waals surface area contributed by atoms with E-state index in [9.17, 15) is 4.79 Å². The number of hydrogen-bond donors (Lipinski definition) is 2. The van der Waals surface area contributed by atoms with Gasteiger partial charge in [0.1, 0.15) is 11.5 Å². The first-order chi connectivity index (χ1) is 11.0. The molecule has 2 aromatic carbocycles. The van der Waals surface area contributed by atoms with Crippen molar-refractivity contribution in [1.29, 1.82) is 0 Å². The van der Waals surface area contributed by atoms with Crippen LogP contribution in [0.5, 0.6) is 11.5 Å². The molecule has 1 unspecified atom stereocenters. The predicted octanol–water partition coefficient (Wildman–Crippen LogP) is 3.64. The lowest BCUT2D eigenvalue weighted by atomic mass is 10.0. The molecule has 2 rings (SSSR count). The summed E-state index contributed by atoms with van der Waals surface area (Å²) in [6.07, 6.45) is 0. The van der Waals surface area contributed by atoms with Crippen molar-refractivity contribution in [3.05, 3.63) is 60.2 Å². The molecule has 0 heterocycles. The van der Waals surface area contributed by atoms with E-state index < -0.39 is 6.04 Å². The Kier molecular flexibility index (Phi) is 5.77. The van der Waals surface area contributed by atoms with E-state index in [1.165, 1.54) is 0 Å². The molecule has 0 aliphatic heterocycles. The second-order valence-corrected chi connectivity index (χ2v) is 5.98. The number of nitrogens with two attached hydrogens (primary N) is 1. The fraction of sp³-hybridized carbons (Fsp3) is 0.316. The summed E-state index contributed by atoms with van der Waals surface area (Å²) in [6.45, 7) is 5.81. The van der Waals surface area contributed by atoms with Crippen LogP contribution in [0.25, 0.3) is 0 Å². The first-order valence-electron chi connectivity index (χ1n) is 7.86. The molecule has 23 heavy (non-hydrogen) atoms. The Morgan fingerprint density at radius 3 is 2.09 bits per heavy atom. The van der Waals surface area contributed by atoms with E-state index >= 15 is 0 Å². The van der Waals surface area contributed by atoms with Crippen molar-refractivity contribution in [2.24, 2.45) is 11.7 Å². The third kappa shape index (κ3) is 4.83. The molecule has 0 aliphatic rings. The van der Waals surface area contributed by atoms with Crippen LogP contribution in [0, 0.1) is 5.92 Å². The minimum Gasteiger partial charge on any atom is -0.457 e. The maximum atomic E-state index is 12.0. The van der Waals surface area contributed by atoms with E-state index in [4.69, 9.17) is 10.5 Å². The van der Waals surface area contributed by atoms with Gasteiger partial charge in [-0.3, -0.25) is 4.79 Å². The molecular formula is C19H24N2O2. The number of carbonyl (C=O) groups is 1. The Hall–Kier alpha value is -2.33. The summed E-state index contributed by atoms with van der Waals surface area (Å²) in [5.74, 6) is 1.54. The van der Waals surface area contributed by atoms with Gasteiger partial charge in [0.2, 0.25) is 5.91 Å². The van der Waals surface area contributed by atoms with Crippen molar-refractivity contribution in [1.82, 2.24) is 5.32 Å². The minimum absolute atomic E-state index is 0.0990. The van der Waals surface area contributed by atoms with E-state index in [0.717, 1.165) is 17.1 Å². The predicted molar refractivity (Wildman–Crippen MR) is 92.3 cm³/mol. The molecule has 0 saturated heterocycles. The molecule has 0 fully saturated rings. The third-order valence-corrected chi connectivity index (χ3v) is 3.74. The van der Waals surface area contributed by atoms with Crippen LogP contribution in [0.15, 0.2) is 54.6 Å². The fourth-order valence-electron chi connectivity index (χ4n) is 2.14. The number of benzene rings is 2. The van der Waals surface area contributed by atoms with Crippen molar-refractivity contribution in [3.63, 3.8) is 0 Å². The van der Waals surface area contributed by atoms with Crippen molar-refractivity contribution >= 4 is 5.91 Å². The highest BCUT2D eigenvalue weighted by molar-refractivity contribution is 5.82. The number of amides is 1. The molecule has 3 N–H and O–H groups in total. The van der Waals surface area contributed by atoms with E-state index in [2.05, 4.69) is 5.32 Å². The summed E-state index contributed by atoms with van der Waals surface area (Å²) in [6, 6.07) is 16.7. The summed E-state index contributed by atoms with van der Waals surface area (Å²) in [5, 5.41) is 2.94. The smallest absolute Gasteiger partial charge is 0.237 e. The SMILES string of the molecule is CC(NC(=O)[C@@H](N)C(C)C)c1ccc(Oc2ccccc2)cc1. The van der Waals surface area contributed by atoms with Gasteiger partial charge in [-0.25, -0.2) is 0 Å². The molecule has 122 valence electrons. The molecule has 4 nitrogen and oxygen atoms in total. The second-order valence-electron chi connectivity index (χ2n) is 5.98. The van der Waals surface area contributed by atoms with Crippen LogP contribution in [0.3, 0.4) is 0 Å². The van der Waals surface area contributed by atoms with Gasteiger partial charge in [0.15, 0.2) is 0 Å². The lowest BCUT2D eigenvalue weighted by Gasteiger charge is -2.20.